The van der Waals surface area contributed by atoms with Crippen molar-refractivity contribution in [2.75, 3.05) is 0 Å². The van der Waals surface area contributed by atoms with Gasteiger partial charge in [-0.25, -0.2) is 24.3 Å². The van der Waals surface area contributed by atoms with Crippen LogP contribution < -0.4 is 0 Å². The third-order valence-electron chi connectivity index (χ3n) is 3.25. The van der Waals surface area contributed by atoms with Crippen molar-refractivity contribution in [1.82, 2.24) is 0 Å². The fourth-order valence-electron chi connectivity index (χ4n) is 1.94. The summed E-state index contributed by atoms with van der Waals surface area (Å²) < 4.78 is 70.5. The van der Waals surface area contributed by atoms with Crippen LogP contribution in [0.2, 0.25) is 0 Å². The molecule has 4 aromatic rings. The van der Waals surface area contributed by atoms with Crippen LogP contribution in [0.3, 0.4) is 0 Å². The van der Waals surface area contributed by atoms with Crippen LogP contribution in [0.25, 0.3) is 0 Å². The summed E-state index contributed by atoms with van der Waals surface area (Å²) in [7, 11) is 0. The van der Waals surface area contributed by atoms with E-state index in [1.165, 1.54) is 48.5 Å². The number of halogens is 6. The van der Waals surface area contributed by atoms with Crippen LogP contribution in [0.5, 0.6) is 11.5 Å². The smallest absolute Gasteiger partial charge is 0.508 e. The third kappa shape index (κ3) is 19.9. The molecule has 0 aromatic heterocycles. The molecule has 0 radical (unpaired) electrons. The van der Waals surface area contributed by atoms with E-state index < -0.39 is 11.0 Å². The second-order valence-corrected chi connectivity index (χ2v) is 8.28. The van der Waals surface area contributed by atoms with E-state index >= 15 is 0 Å². The zero-order valence-electron chi connectivity index (χ0n) is 17.9. The Morgan fingerprint density at radius 2 is 0.771 bits per heavy atom. The minimum absolute atomic E-state index is 0. The van der Waals surface area contributed by atoms with Crippen molar-refractivity contribution in [3.63, 3.8) is 0 Å². The molecule has 4 rings (SSSR count). The first-order chi connectivity index (χ1) is 15.9. The van der Waals surface area contributed by atoms with Gasteiger partial charge in [-0.15, -0.1) is 0 Å². The number of benzene rings is 2. The minimum atomic E-state index is -4.27. The summed E-state index contributed by atoms with van der Waals surface area (Å²) in [5, 5.41) is 17.5. The molecule has 11 heteroatoms. The number of phenolic OH excluding ortho intramolecular Hbond substituents is 2. The van der Waals surface area contributed by atoms with Crippen LogP contribution in [-0.2, 0) is 26.2 Å². The SMILES string of the molecule is Oc1ccc(SC(F)(F)F)cc1.Oc1ccc(SC(F)(F)F)cc1.[Zr+2].c1cc[cH-]c1.c1cc[cH-]c1. The van der Waals surface area contributed by atoms with Gasteiger partial charge in [0.1, 0.15) is 11.5 Å². The van der Waals surface area contributed by atoms with E-state index in [0.29, 0.717) is 0 Å². The van der Waals surface area contributed by atoms with Gasteiger partial charge < -0.3 is 10.2 Å². The average Bonchev–Trinajstić information content (AvgIpc) is 3.49. The van der Waals surface area contributed by atoms with E-state index in [0.717, 1.165) is 0 Å². The molecular formula is C24H20F6O2S2Zr. The van der Waals surface area contributed by atoms with Gasteiger partial charge in [-0.3, -0.25) is 0 Å². The van der Waals surface area contributed by atoms with Gasteiger partial charge in [0.2, 0.25) is 0 Å². The van der Waals surface area contributed by atoms with Gasteiger partial charge in [-0.1, -0.05) is 0 Å². The Kier molecular flexibility index (Phi) is 16.3. The van der Waals surface area contributed by atoms with Crippen molar-refractivity contribution >= 4 is 23.5 Å². The molecule has 0 spiro atoms. The molecule has 186 valence electrons. The van der Waals surface area contributed by atoms with Crippen LogP contribution in [0, 0.1) is 0 Å². The summed E-state index contributed by atoms with van der Waals surface area (Å²) in [6.45, 7) is 0. The summed E-state index contributed by atoms with van der Waals surface area (Å²) in [5.41, 5.74) is -8.53. The number of rotatable bonds is 2. The Hall–Kier alpha value is -2.10. The van der Waals surface area contributed by atoms with Gasteiger partial charge in [0.15, 0.2) is 0 Å². The van der Waals surface area contributed by atoms with E-state index in [1.54, 1.807) is 0 Å². The largest absolute Gasteiger partial charge is 2.00 e. The van der Waals surface area contributed by atoms with Crippen molar-refractivity contribution in [2.45, 2.75) is 20.8 Å². The van der Waals surface area contributed by atoms with Gasteiger partial charge in [0.05, 0.1) is 0 Å². The third-order valence-corrected chi connectivity index (χ3v) is 4.73. The molecule has 0 aliphatic heterocycles. The van der Waals surface area contributed by atoms with Gasteiger partial charge in [-0.2, -0.15) is 62.7 Å². The maximum Gasteiger partial charge on any atom is 2.00 e. The van der Waals surface area contributed by atoms with E-state index in [2.05, 4.69) is 0 Å². The number of hydrogen-bond donors (Lipinski definition) is 2. The quantitative estimate of drug-likeness (QED) is 0.135. The fourth-order valence-corrected chi connectivity index (χ4v) is 3.02. The molecule has 4 aromatic carbocycles. The van der Waals surface area contributed by atoms with Crippen LogP contribution in [0.4, 0.5) is 26.3 Å². The minimum Gasteiger partial charge on any atom is -0.508 e. The number of phenols is 2. The predicted octanol–water partition coefficient (Wildman–Crippen LogP) is 8.82. The standard InChI is InChI=1S/2C7H5F3OS.2C5H5.Zr/c2*8-7(9,10)12-6-3-1-5(11)2-4-6;2*1-2-4-5-3-1;/h2*1-4,11H;2*1-5H;/q;;2*-1;+2. The number of alkyl halides is 6. The molecule has 0 bridgehead atoms. The molecule has 0 aliphatic rings. The van der Waals surface area contributed by atoms with Crippen molar-refractivity contribution in [3.05, 3.63) is 109 Å². The molecule has 0 fully saturated rings. The molecule has 0 unspecified atom stereocenters. The van der Waals surface area contributed by atoms with Crippen LogP contribution in [-0.4, -0.2) is 21.2 Å². The summed E-state index contributed by atoms with van der Waals surface area (Å²) in [6, 6.07) is 29.7. The first-order valence-electron chi connectivity index (χ1n) is 9.37. The summed E-state index contributed by atoms with van der Waals surface area (Å²) in [6.07, 6.45) is 0. The average molecular weight is 610 g/mol. The Balaban J connectivity index is 0.000000468. The molecule has 0 saturated heterocycles. The maximum atomic E-state index is 11.7. The van der Waals surface area contributed by atoms with Gasteiger partial charge in [0, 0.05) is 9.79 Å². The normalized spacial score (nSPS) is 10.2. The summed E-state index contributed by atoms with van der Waals surface area (Å²) in [5.74, 6) is -0.0805. The Morgan fingerprint density at radius 3 is 0.943 bits per heavy atom. The molecule has 0 atom stereocenters. The maximum absolute atomic E-state index is 11.7. The number of thioether (sulfide) groups is 2. The zero-order valence-corrected chi connectivity index (χ0v) is 22.0. The van der Waals surface area contributed by atoms with Crippen LogP contribution in [0.1, 0.15) is 0 Å². The second-order valence-electron chi connectivity index (χ2n) is 6.01. The molecule has 2 nitrogen and oxygen atoms in total. The summed E-state index contributed by atoms with van der Waals surface area (Å²) in [4.78, 5) is 0.139. The Morgan fingerprint density at radius 1 is 0.514 bits per heavy atom. The number of aromatic hydroxyl groups is 2. The van der Waals surface area contributed by atoms with E-state index in [1.807, 2.05) is 60.7 Å². The molecular weight excluding hydrogens is 590 g/mol. The molecule has 35 heavy (non-hydrogen) atoms. The van der Waals surface area contributed by atoms with Crippen molar-refractivity contribution < 1.29 is 62.8 Å². The zero-order chi connectivity index (χ0) is 25.5. The predicted molar refractivity (Wildman–Crippen MR) is 124 cm³/mol. The number of hydrogen-bond acceptors (Lipinski definition) is 4. The van der Waals surface area contributed by atoms with E-state index in [-0.39, 0.29) is 71.0 Å². The fraction of sp³-hybridized carbons (Fsp3) is 0.0833. The monoisotopic (exact) mass is 608 g/mol. The van der Waals surface area contributed by atoms with Gasteiger partial charge >= 0.3 is 37.2 Å². The van der Waals surface area contributed by atoms with Crippen molar-refractivity contribution in [3.8, 4) is 11.5 Å². The molecule has 0 aliphatic carbocycles. The summed E-state index contributed by atoms with van der Waals surface area (Å²) >= 11 is -0.403. The molecule has 2 N–H and O–H groups in total. The second kappa shape index (κ2) is 17.4. The first kappa shape index (κ1) is 32.9. The van der Waals surface area contributed by atoms with Gasteiger partial charge in [0.25, 0.3) is 0 Å². The van der Waals surface area contributed by atoms with E-state index in [4.69, 9.17) is 10.2 Å². The van der Waals surface area contributed by atoms with Gasteiger partial charge in [-0.05, 0) is 72.1 Å². The van der Waals surface area contributed by atoms with Crippen molar-refractivity contribution in [2.24, 2.45) is 0 Å². The molecule has 0 saturated carbocycles. The first-order valence-corrected chi connectivity index (χ1v) is 11.0. The van der Waals surface area contributed by atoms with Crippen LogP contribution in [0.15, 0.2) is 119 Å². The van der Waals surface area contributed by atoms with E-state index in [9.17, 15) is 26.3 Å². The molecule has 0 heterocycles. The Bertz CT molecular complexity index is 868. The topological polar surface area (TPSA) is 40.5 Å². The molecule has 0 amide bonds. The van der Waals surface area contributed by atoms with Crippen molar-refractivity contribution in [1.29, 1.82) is 0 Å². The van der Waals surface area contributed by atoms with Crippen LogP contribution >= 0.6 is 23.5 Å². The Labute approximate surface area is 226 Å².